The number of aliphatic hydroxyl groups excluding tert-OH is 2. The Labute approximate surface area is 230 Å². The molecule has 0 aliphatic rings. The van der Waals surface area contributed by atoms with Crippen LogP contribution in [0, 0.1) is 0 Å². The zero-order valence-electron chi connectivity index (χ0n) is 21.8. The number of benzene rings is 2. The van der Waals surface area contributed by atoms with Crippen molar-refractivity contribution >= 4 is 9.84 Å². The smallest absolute Gasteiger partial charge is 0.207 e. The summed E-state index contributed by atoms with van der Waals surface area (Å²) < 4.78 is 27.4. The van der Waals surface area contributed by atoms with Gasteiger partial charge in [-0.05, 0) is 61.8 Å². The van der Waals surface area contributed by atoms with Crippen LogP contribution in [0.3, 0.4) is 0 Å². The third-order valence-corrected chi connectivity index (χ3v) is 8.69. The molecule has 6 heteroatoms. The number of rotatable bonds is 20. The summed E-state index contributed by atoms with van der Waals surface area (Å²) in [6.07, 6.45) is 16.7. The minimum Gasteiger partial charge on any atom is -0.396 e. The zero-order valence-corrected chi connectivity index (χ0v) is 23.8. The van der Waals surface area contributed by atoms with Crippen LogP contribution in [0.5, 0.6) is 0 Å². The molecule has 0 amide bonds. The van der Waals surface area contributed by atoms with Gasteiger partial charge in [0.15, 0.2) is 0 Å². The van der Waals surface area contributed by atoms with Crippen LogP contribution >= 0.6 is 0 Å². The molecule has 0 atom stereocenters. The van der Waals surface area contributed by atoms with Crippen molar-refractivity contribution in [1.29, 1.82) is 0 Å². The number of hydrogen-bond acceptors (Lipinski definition) is 4. The van der Waals surface area contributed by atoms with E-state index in [9.17, 15) is 8.42 Å². The predicted molar refractivity (Wildman–Crippen MR) is 145 cm³/mol. The van der Waals surface area contributed by atoms with Crippen LogP contribution in [0.4, 0.5) is 0 Å². The van der Waals surface area contributed by atoms with Gasteiger partial charge in [-0.1, -0.05) is 101 Å². The monoisotopic (exact) mass is 557 g/mol. The van der Waals surface area contributed by atoms with Crippen molar-refractivity contribution in [2.45, 2.75) is 113 Å². The number of sulfone groups is 1. The molecule has 2 aromatic rings. The molecular weight excluding hydrogens is 511 g/mol. The Balaban J connectivity index is 0.00000648. The van der Waals surface area contributed by atoms with Crippen LogP contribution in [0.15, 0.2) is 58.3 Å². The van der Waals surface area contributed by atoms with E-state index in [2.05, 4.69) is 0 Å². The molecular formula is C30H46MnO4S. The van der Waals surface area contributed by atoms with E-state index in [0.717, 1.165) is 101 Å². The molecule has 0 bridgehead atoms. The van der Waals surface area contributed by atoms with Crippen molar-refractivity contribution in [2.24, 2.45) is 0 Å². The Kier molecular flexibility index (Phi) is 18.1. The molecule has 2 rings (SSSR count). The molecule has 0 saturated heterocycles. The molecule has 0 aromatic heterocycles. The quantitative estimate of drug-likeness (QED) is 0.135. The van der Waals surface area contributed by atoms with Crippen LogP contribution in [0.25, 0.3) is 0 Å². The molecule has 0 aliphatic heterocycles. The fourth-order valence-corrected chi connectivity index (χ4v) is 6.47. The summed E-state index contributed by atoms with van der Waals surface area (Å²) in [5.74, 6) is 0. The summed E-state index contributed by atoms with van der Waals surface area (Å²) in [7, 11) is -3.56. The van der Waals surface area contributed by atoms with Gasteiger partial charge in [0.2, 0.25) is 9.84 Å². The van der Waals surface area contributed by atoms with E-state index in [1.807, 2.05) is 36.4 Å². The Morgan fingerprint density at radius 2 is 0.778 bits per heavy atom. The molecule has 0 fully saturated rings. The second kappa shape index (κ2) is 19.9. The number of aryl methyl sites for hydroxylation is 2. The van der Waals surface area contributed by atoms with Crippen molar-refractivity contribution in [1.82, 2.24) is 0 Å². The van der Waals surface area contributed by atoms with E-state index in [1.165, 1.54) is 12.8 Å². The third-order valence-electron chi connectivity index (χ3n) is 6.73. The molecule has 2 aromatic carbocycles. The first kappa shape index (κ1) is 32.9. The van der Waals surface area contributed by atoms with Gasteiger partial charge < -0.3 is 10.2 Å². The summed E-state index contributed by atoms with van der Waals surface area (Å²) in [6.45, 7) is 0.557. The van der Waals surface area contributed by atoms with Crippen LogP contribution in [0.2, 0.25) is 0 Å². The number of aliphatic hydroxyl groups is 2. The van der Waals surface area contributed by atoms with Crippen molar-refractivity contribution in [2.75, 3.05) is 13.2 Å². The minimum absolute atomic E-state index is 0. The molecule has 0 spiro atoms. The molecule has 0 heterocycles. The standard InChI is InChI=1S/C30H46O4S.Mn/c31-25-17-9-5-1-3-7-11-19-27-21-13-15-23-29(27)35(33,34)30-24-16-14-22-28(30)20-12-8-4-2-6-10-18-26-32;/h13-16,21-24,31-32H,1-12,17-20,25-26H2;. The minimum atomic E-state index is -3.56. The van der Waals surface area contributed by atoms with E-state index < -0.39 is 9.84 Å². The van der Waals surface area contributed by atoms with Gasteiger partial charge in [0.25, 0.3) is 0 Å². The maximum absolute atomic E-state index is 13.7. The predicted octanol–water partition coefficient (Wildman–Crippen LogP) is 7.05. The first-order valence-electron chi connectivity index (χ1n) is 13.7. The molecule has 2 N–H and O–H groups in total. The maximum atomic E-state index is 13.7. The van der Waals surface area contributed by atoms with Gasteiger partial charge in [0.05, 0.1) is 9.79 Å². The van der Waals surface area contributed by atoms with E-state index in [1.54, 1.807) is 12.1 Å². The summed E-state index contributed by atoms with van der Waals surface area (Å²) in [5, 5.41) is 17.7. The second-order valence-corrected chi connectivity index (χ2v) is 11.5. The van der Waals surface area contributed by atoms with E-state index >= 15 is 0 Å². The summed E-state index contributed by atoms with van der Waals surface area (Å²) in [5.41, 5.74) is 1.84. The van der Waals surface area contributed by atoms with Crippen molar-refractivity contribution < 1.29 is 35.7 Å². The molecule has 4 nitrogen and oxygen atoms in total. The molecule has 1 radical (unpaired) electrons. The van der Waals surface area contributed by atoms with E-state index in [-0.39, 0.29) is 30.3 Å². The van der Waals surface area contributed by atoms with Gasteiger partial charge in [-0.15, -0.1) is 0 Å². The Hall–Kier alpha value is -1.17. The molecule has 0 aliphatic carbocycles. The maximum Gasteiger partial charge on any atom is 0.207 e. The molecule has 0 saturated carbocycles. The topological polar surface area (TPSA) is 74.6 Å². The van der Waals surface area contributed by atoms with E-state index in [4.69, 9.17) is 10.2 Å². The van der Waals surface area contributed by atoms with Crippen LogP contribution in [-0.2, 0) is 39.7 Å². The van der Waals surface area contributed by atoms with Gasteiger partial charge in [-0.25, -0.2) is 8.42 Å². The second-order valence-electron chi connectivity index (χ2n) is 9.62. The third kappa shape index (κ3) is 11.9. The molecule has 203 valence electrons. The SMILES string of the molecule is O=S(=O)(c1ccccc1CCCCCCCCCO)c1ccccc1CCCCCCCCCO.[Mn]. The van der Waals surface area contributed by atoms with Gasteiger partial charge in [-0.2, -0.15) is 0 Å². The van der Waals surface area contributed by atoms with Crippen LogP contribution in [-0.4, -0.2) is 31.8 Å². The average Bonchev–Trinajstić information content (AvgIpc) is 2.87. The fraction of sp³-hybridized carbons (Fsp3) is 0.600. The fourth-order valence-electron chi connectivity index (χ4n) is 4.69. The Bertz CT molecular complexity index is 861. The summed E-state index contributed by atoms with van der Waals surface area (Å²) >= 11 is 0. The van der Waals surface area contributed by atoms with Gasteiger partial charge in [0, 0.05) is 30.3 Å². The largest absolute Gasteiger partial charge is 0.396 e. The molecule has 36 heavy (non-hydrogen) atoms. The zero-order chi connectivity index (χ0) is 25.2. The van der Waals surface area contributed by atoms with Crippen LogP contribution in [0.1, 0.15) is 101 Å². The van der Waals surface area contributed by atoms with E-state index in [0.29, 0.717) is 9.79 Å². The normalized spacial score (nSPS) is 11.4. The van der Waals surface area contributed by atoms with Gasteiger partial charge in [-0.3, -0.25) is 0 Å². The van der Waals surface area contributed by atoms with Crippen molar-refractivity contribution in [3.63, 3.8) is 0 Å². The molecule has 0 unspecified atom stereocenters. The summed E-state index contributed by atoms with van der Waals surface area (Å²) in [6, 6.07) is 15.0. The number of hydrogen-bond donors (Lipinski definition) is 2. The Morgan fingerprint density at radius 3 is 1.14 bits per heavy atom. The average molecular weight is 558 g/mol. The van der Waals surface area contributed by atoms with Crippen molar-refractivity contribution in [3.05, 3.63) is 59.7 Å². The van der Waals surface area contributed by atoms with Gasteiger partial charge in [0.1, 0.15) is 0 Å². The van der Waals surface area contributed by atoms with Gasteiger partial charge >= 0.3 is 0 Å². The van der Waals surface area contributed by atoms with Crippen molar-refractivity contribution in [3.8, 4) is 0 Å². The number of unbranched alkanes of at least 4 members (excludes halogenated alkanes) is 12. The van der Waals surface area contributed by atoms with Crippen LogP contribution < -0.4 is 0 Å². The Morgan fingerprint density at radius 1 is 0.472 bits per heavy atom. The first-order valence-corrected chi connectivity index (χ1v) is 15.2. The first-order chi connectivity index (χ1) is 17.1. The summed E-state index contributed by atoms with van der Waals surface area (Å²) in [4.78, 5) is 0.915.